The van der Waals surface area contributed by atoms with Crippen LogP contribution in [0.4, 0.5) is 0 Å². The Morgan fingerprint density at radius 2 is 2.28 bits per heavy atom. The SMILES string of the molecule is Cn1cccc1C1CCCN1Cc1nc2sc3c(c2c(=O)[nH]1)CCC3. The number of aromatic amines is 1. The lowest BCUT2D eigenvalue weighted by molar-refractivity contribution is 0.235. The molecule has 5 rings (SSSR count). The van der Waals surface area contributed by atoms with E-state index in [1.165, 1.54) is 29.0 Å². The summed E-state index contributed by atoms with van der Waals surface area (Å²) in [5, 5.41) is 0.849. The Kier molecular flexibility index (Phi) is 3.57. The zero-order valence-corrected chi connectivity index (χ0v) is 15.2. The highest BCUT2D eigenvalue weighted by molar-refractivity contribution is 7.18. The summed E-state index contributed by atoms with van der Waals surface area (Å²) in [6.45, 7) is 1.77. The van der Waals surface area contributed by atoms with E-state index in [4.69, 9.17) is 4.98 Å². The molecule has 3 aromatic rings. The molecule has 3 aromatic heterocycles. The molecule has 0 spiro atoms. The minimum Gasteiger partial charge on any atom is -0.353 e. The number of thiophene rings is 1. The van der Waals surface area contributed by atoms with Crippen molar-refractivity contribution in [3.05, 3.63) is 50.6 Å². The van der Waals surface area contributed by atoms with Crippen LogP contribution in [0.2, 0.25) is 0 Å². The molecule has 1 N–H and O–H groups in total. The van der Waals surface area contributed by atoms with Crippen molar-refractivity contribution in [1.29, 1.82) is 0 Å². The molecule has 1 atom stereocenters. The topological polar surface area (TPSA) is 53.9 Å². The van der Waals surface area contributed by atoms with Crippen molar-refractivity contribution in [1.82, 2.24) is 19.4 Å². The van der Waals surface area contributed by atoms with Crippen LogP contribution >= 0.6 is 11.3 Å². The third kappa shape index (κ3) is 2.47. The Balaban J connectivity index is 1.48. The average molecular weight is 354 g/mol. The molecule has 1 saturated heterocycles. The number of aryl methyl sites for hydroxylation is 3. The van der Waals surface area contributed by atoms with E-state index in [1.807, 2.05) is 0 Å². The van der Waals surface area contributed by atoms with Crippen molar-refractivity contribution in [3.63, 3.8) is 0 Å². The largest absolute Gasteiger partial charge is 0.353 e. The maximum absolute atomic E-state index is 12.6. The first kappa shape index (κ1) is 15.3. The lowest BCUT2D eigenvalue weighted by Crippen LogP contribution is -2.26. The highest BCUT2D eigenvalue weighted by Gasteiger charge is 2.28. The van der Waals surface area contributed by atoms with Crippen LogP contribution in [0.5, 0.6) is 0 Å². The Labute approximate surface area is 150 Å². The predicted octanol–water partition coefficient (Wildman–Crippen LogP) is 3.15. The molecule has 0 saturated carbocycles. The summed E-state index contributed by atoms with van der Waals surface area (Å²) >= 11 is 1.72. The van der Waals surface area contributed by atoms with Crippen LogP contribution < -0.4 is 5.56 Å². The van der Waals surface area contributed by atoms with Gasteiger partial charge in [-0.3, -0.25) is 9.69 Å². The van der Waals surface area contributed by atoms with Crippen LogP contribution in [0.3, 0.4) is 0 Å². The van der Waals surface area contributed by atoms with Gasteiger partial charge in [-0.1, -0.05) is 0 Å². The van der Waals surface area contributed by atoms with E-state index >= 15 is 0 Å². The van der Waals surface area contributed by atoms with E-state index in [9.17, 15) is 4.79 Å². The number of likely N-dealkylation sites (tertiary alicyclic amines) is 1. The molecule has 1 aliphatic carbocycles. The molecule has 0 aromatic carbocycles. The zero-order chi connectivity index (χ0) is 17.0. The van der Waals surface area contributed by atoms with Crippen LogP contribution in [0.15, 0.2) is 23.1 Å². The van der Waals surface area contributed by atoms with Crippen LogP contribution in [-0.2, 0) is 26.4 Å². The number of hydrogen-bond donors (Lipinski definition) is 1. The molecule has 0 bridgehead atoms. The number of hydrogen-bond acceptors (Lipinski definition) is 4. The number of nitrogens with zero attached hydrogens (tertiary/aromatic N) is 3. The van der Waals surface area contributed by atoms with Gasteiger partial charge in [0, 0.05) is 23.8 Å². The van der Waals surface area contributed by atoms with Gasteiger partial charge in [0.1, 0.15) is 10.7 Å². The van der Waals surface area contributed by atoms with Crippen molar-refractivity contribution >= 4 is 21.6 Å². The molecule has 2 aliphatic rings. The standard InChI is InChI=1S/C19H22N4OS/c1-22-9-3-6-13(22)14-7-4-10-23(14)11-16-20-18(24)17-12-5-2-8-15(12)25-19(17)21-16/h3,6,9,14H,2,4-5,7-8,10-11H2,1H3,(H,20,21,24). The lowest BCUT2D eigenvalue weighted by Gasteiger charge is -2.24. The number of H-pyrrole nitrogens is 1. The van der Waals surface area contributed by atoms with Crippen molar-refractivity contribution in [2.24, 2.45) is 7.05 Å². The van der Waals surface area contributed by atoms with E-state index < -0.39 is 0 Å². The second kappa shape index (κ2) is 5.81. The van der Waals surface area contributed by atoms with Gasteiger partial charge in [-0.2, -0.15) is 0 Å². The van der Waals surface area contributed by atoms with E-state index in [0.29, 0.717) is 12.6 Å². The maximum atomic E-state index is 12.6. The Hall–Kier alpha value is -1.92. The van der Waals surface area contributed by atoms with Crippen molar-refractivity contribution in [2.75, 3.05) is 6.54 Å². The van der Waals surface area contributed by atoms with Gasteiger partial charge in [0.25, 0.3) is 5.56 Å². The molecular formula is C19H22N4OS. The number of aromatic nitrogens is 3. The monoisotopic (exact) mass is 354 g/mol. The molecule has 0 radical (unpaired) electrons. The van der Waals surface area contributed by atoms with Crippen molar-refractivity contribution in [3.8, 4) is 0 Å². The van der Waals surface area contributed by atoms with Crippen LogP contribution in [-0.4, -0.2) is 26.0 Å². The third-order valence-electron chi connectivity index (χ3n) is 5.67. The molecule has 1 fully saturated rings. The predicted molar refractivity (Wildman–Crippen MR) is 100 cm³/mol. The summed E-state index contributed by atoms with van der Waals surface area (Å²) in [5.74, 6) is 0.804. The minimum absolute atomic E-state index is 0.0500. The fourth-order valence-corrected chi connectivity index (χ4v) is 5.77. The molecule has 1 unspecified atom stereocenters. The number of fused-ring (bicyclic) bond motifs is 3. The molecular weight excluding hydrogens is 332 g/mol. The highest BCUT2D eigenvalue weighted by atomic mass is 32.1. The van der Waals surface area contributed by atoms with Gasteiger partial charge in [-0.15, -0.1) is 11.3 Å². The van der Waals surface area contributed by atoms with E-state index in [1.54, 1.807) is 11.3 Å². The third-order valence-corrected chi connectivity index (χ3v) is 6.85. The molecule has 1 aliphatic heterocycles. The summed E-state index contributed by atoms with van der Waals surface area (Å²) in [5.41, 5.74) is 2.65. The molecule has 4 heterocycles. The van der Waals surface area contributed by atoms with Crippen molar-refractivity contribution < 1.29 is 0 Å². The fraction of sp³-hybridized carbons (Fsp3) is 0.474. The van der Waals surface area contributed by atoms with Crippen LogP contribution in [0.1, 0.15) is 47.3 Å². The summed E-state index contributed by atoms with van der Waals surface area (Å²) in [4.78, 5) is 25.3. The highest BCUT2D eigenvalue weighted by Crippen LogP contribution is 2.35. The lowest BCUT2D eigenvalue weighted by atomic mass is 10.1. The van der Waals surface area contributed by atoms with Gasteiger partial charge >= 0.3 is 0 Å². The van der Waals surface area contributed by atoms with Gasteiger partial charge in [0.15, 0.2) is 0 Å². The Bertz CT molecular complexity index is 999. The first-order valence-corrected chi connectivity index (χ1v) is 9.91. The van der Waals surface area contributed by atoms with Crippen LogP contribution in [0, 0.1) is 0 Å². The Morgan fingerprint density at radius 1 is 1.36 bits per heavy atom. The summed E-state index contributed by atoms with van der Waals surface area (Å²) in [6.07, 6.45) is 7.76. The van der Waals surface area contributed by atoms with Gasteiger partial charge in [-0.05, 0) is 56.3 Å². The second-order valence-corrected chi connectivity index (χ2v) is 8.31. The zero-order valence-electron chi connectivity index (χ0n) is 14.4. The Morgan fingerprint density at radius 3 is 3.12 bits per heavy atom. The summed E-state index contributed by atoms with van der Waals surface area (Å²) < 4.78 is 2.20. The number of rotatable bonds is 3. The normalized spacial score (nSPS) is 20.6. The fourth-order valence-electron chi connectivity index (χ4n) is 4.48. The van der Waals surface area contributed by atoms with Gasteiger partial charge in [0.05, 0.1) is 18.0 Å². The average Bonchev–Trinajstić information content (AvgIpc) is 3.30. The molecule has 25 heavy (non-hydrogen) atoms. The van der Waals surface area contributed by atoms with E-state index in [2.05, 4.69) is 39.8 Å². The first-order valence-electron chi connectivity index (χ1n) is 9.09. The smallest absolute Gasteiger partial charge is 0.259 e. The van der Waals surface area contributed by atoms with E-state index in [0.717, 1.165) is 41.8 Å². The summed E-state index contributed by atoms with van der Waals surface area (Å²) in [7, 11) is 2.10. The van der Waals surface area contributed by atoms with Crippen molar-refractivity contribution in [2.45, 2.75) is 44.7 Å². The number of nitrogens with one attached hydrogen (secondary N) is 1. The maximum Gasteiger partial charge on any atom is 0.259 e. The first-order chi connectivity index (χ1) is 12.2. The summed E-state index contributed by atoms with van der Waals surface area (Å²) in [6, 6.07) is 4.71. The quantitative estimate of drug-likeness (QED) is 0.786. The van der Waals surface area contributed by atoms with Gasteiger partial charge in [0.2, 0.25) is 0 Å². The van der Waals surface area contributed by atoms with Crippen LogP contribution in [0.25, 0.3) is 10.2 Å². The molecule has 130 valence electrons. The second-order valence-electron chi connectivity index (χ2n) is 7.22. The molecule has 0 amide bonds. The molecule has 5 nitrogen and oxygen atoms in total. The minimum atomic E-state index is 0.0500. The van der Waals surface area contributed by atoms with Gasteiger partial charge in [-0.25, -0.2) is 4.98 Å². The van der Waals surface area contributed by atoms with E-state index in [-0.39, 0.29) is 5.56 Å². The molecule has 6 heteroatoms. The van der Waals surface area contributed by atoms with Gasteiger partial charge < -0.3 is 9.55 Å².